The highest BCUT2D eigenvalue weighted by Crippen LogP contribution is 2.40. The van der Waals surface area contributed by atoms with Crippen molar-refractivity contribution in [2.45, 2.75) is 30.6 Å². The Morgan fingerprint density at radius 1 is 1.52 bits per heavy atom. The molecule has 1 amide bonds. The lowest BCUT2D eigenvalue weighted by Crippen LogP contribution is -2.57. The van der Waals surface area contributed by atoms with E-state index < -0.39 is 5.60 Å². The predicted molar refractivity (Wildman–Crippen MR) is 86.7 cm³/mol. The van der Waals surface area contributed by atoms with E-state index in [1.807, 2.05) is 30.3 Å². The molecule has 0 bridgehead atoms. The first-order valence-electron chi connectivity index (χ1n) is 7.32. The molecule has 1 aliphatic carbocycles. The quantitative estimate of drug-likeness (QED) is 0.795. The number of carbonyl (C=O) groups is 1. The normalized spacial score (nSPS) is 24.8. The molecule has 5 heteroatoms. The summed E-state index contributed by atoms with van der Waals surface area (Å²) in [5.74, 6) is 0.829. The van der Waals surface area contributed by atoms with Crippen LogP contribution in [0.5, 0.6) is 0 Å². The van der Waals surface area contributed by atoms with Crippen molar-refractivity contribution in [3.05, 3.63) is 36.0 Å². The molecule has 4 nitrogen and oxygen atoms in total. The summed E-state index contributed by atoms with van der Waals surface area (Å²) in [6.45, 7) is 2.41. The molecule has 2 atom stereocenters. The fourth-order valence-corrected chi connectivity index (χ4v) is 3.96. The van der Waals surface area contributed by atoms with Gasteiger partial charge in [-0.25, -0.2) is 0 Å². The van der Waals surface area contributed by atoms with Crippen LogP contribution in [-0.2, 0) is 0 Å². The molecule has 1 aliphatic rings. The Morgan fingerprint density at radius 3 is 3.00 bits per heavy atom. The first-order chi connectivity index (χ1) is 10.1. The zero-order chi connectivity index (χ0) is 14.9. The maximum absolute atomic E-state index is 12.2. The average Bonchev–Trinajstić information content (AvgIpc) is 2.93. The molecule has 21 heavy (non-hydrogen) atoms. The minimum Gasteiger partial charge on any atom is -0.387 e. The number of hydrogen-bond donors (Lipinski definition) is 3. The molecule has 0 saturated heterocycles. The second kappa shape index (κ2) is 5.73. The zero-order valence-electron chi connectivity index (χ0n) is 12.1. The van der Waals surface area contributed by atoms with Gasteiger partial charge in [-0.3, -0.25) is 4.79 Å². The molecule has 3 rings (SSSR count). The first kappa shape index (κ1) is 14.5. The van der Waals surface area contributed by atoms with Gasteiger partial charge in [-0.15, -0.1) is 0 Å². The van der Waals surface area contributed by atoms with Gasteiger partial charge >= 0.3 is 0 Å². The van der Waals surface area contributed by atoms with Crippen LogP contribution in [0.3, 0.4) is 0 Å². The fourth-order valence-electron chi connectivity index (χ4n) is 2.76. The number of hydrogen-bond acceptors (Lipinski definition) is 3. The van der Waals surface area contributed by atoms with Gasteiger partial charge in [0.05, 0.1) is 5.60 Å². The van der Waals surface area contributed by atoms with E-state index in [0.29, 0.717) is 12.2 Å². The van der Waals surface area contributed by atoms with Gasteiger partial charge in [-0.2, -0.15) is 11.8 Å². The summed E-state index contributed by atoms with van der Waals surface area (Å²) in [5, 5.41) is 14.6. The van der Waals surface area contributed by atoms with Crippen LogP contribution in [0, 0.1) is 0 Å². The van der Waals surface area contributed by atoms with Gasteiger partial charge in [0.15, 0.2) is 0 Å². The Hall–Kier alpha value is -1.46. The van der Waals surface area contributed by atoms with Gasteiger partial charge in [0.1, 0.15) is 5.69 Å². The van der Waals surface area contributed by atoms with Crippen molar-refractivity contribution in [3.8, 4) is 0 Å². The summed E-state index contributed by atoms with van der Waals surface area (Å²) in [6, 6.07) is 9.63. The van der Waals surface area contributed by atoms with Crippen molar-refractivity contribution >= 4 is 28.6 Å². The van der Waals surface area contributed by atoms with Crippen molar-refractivity contribution in [3.63, 3.8) is 0 Å². The molecular formula is C16H20N2O2S. The monoisotopic (exact) mass is 304 g/mol. The number of benzene rings is 1. The van der Waals surface area contributed by atoms with Crippen LogP contribution in [0.2, 0.25) is 0 Å². The molecule has 1 aromatic heterocycles. The number of H-pyrrole nitrogens is 1. The fraction of sp³-hybridized carbons (Fsp3) is 0.438. The van der Waals surface area contributed by atoms with Crippen LogP contribution >= 0.6 is 11.8 Å². The molecule has 1 heterocycles. The second-order valence-electron chi connectivity index (χ2n) is 5.54. The Kier molecular flexibility index (Phi) is 3.95. The maximum atomic E-state index is 12.2. The largest absolute Gasteiger partial charge is 0.387 e. The highest BCUT2D eigenvalue weighted by molar-refractivity contribution is 8.00. The van der Waals surface area contributed by atoms with Crippen LogP contribution in [0.25, 0.3) is 10.9 Å². The zero-order valence-corrected chi connectivity index (χ0v) is 12.9. The van der Waals surface area contributed by atoms with Crippen molar-refractivity contribution in [2.24, 2.45) is 0 Å². The summed E-state index contributed by atoms with van der Waals surface area (Å²) < 4.78 is 0. The number of thioether (sulfide) groups is 1. The number of amides is 1. The molecule has 0 spiro atoms. The van der Waals surface area contributed by atoms with E-state index in [0.717, 1.165) is 29.5 Å². The molecular weight excluding hydrogens is 284 g/mol. The molecule has 0 radical (unpaired) electrons. The summed E-state index contributed by atoms with van der Waals surface area (Å²) in [6.07, 6.45) is 1.79. The Morgan fingerprint density at radius 2 is 2.33 bits per heavy atom. The number of fused-ring (bicyclic) bond motifs is 1. The topological polar surface area (TPSA) is 65.1 Å². The maximum Gasteiger partial charge on any atom is 0.267 e. The highest BCUT2D eigenvalue weighted by atomic mass is 32.2. The lowest BCUT2D eigenvalue weighted by molar-refractivity contribution is -0.0222. The third-order valence-corrected chi connectivity index (χ3v) is 5.55. The number of aromatic amines is 1. The van der Waals surface area contributed by atoms with Crippen LogP contribution in [0.1, 0.15) is 30.3 Å². The van der Waals surface area contributed by atoms with E-state index in [2.05, 4.69) is 17.2 Å². The van der Waals surface area contributed by atoms with Crippen LogP contribution in [0.4, 0.5) is 0 Å². The van der Waals surface area contributed by atoms with Crippen LogP contribution in [-0.4, -0.2) is 39.1 Å². The minimum atomic E-state index is -0.748. The molecule has 0 unspecified atom stereocenters. The van der Waals surface area contributed by atoms with Crippen molar-refractivity contribution < 1.29 is 9.90 Å². The van der Waals surface area contributed by atoms with Gasteiger partial charge in [0.25, 0.3) is 5.91 Å². The smallest absolute Gasteiger partial charge is 0.267 e. The highest BCUT2D eigenvalue weighted by Gasteiger charge is 2.45. The summed E-state index contributed by atoms with van der Waals surface area (Å²) in [4.78, 5) is 15.3. The molecule has 1 saturated carbocycles. The van der Waals surface area contributed by atoms with Gasteiger partial charge in [-0.1, -0.05) is 25.1 Å². The minimum absolute atomic E-state index is 0.160. The Labute approximate surface area is 128 Å². The molecule has 2 aromatic rings. The molecule has 112 valence electrons. The molecule has 1 fully saturated rings. The number of para-hydroxylation sites is 1. The van der Waals surface area contributed by atoms with Crippen LogP contribution < -0.4 is 5.32 Å². The lowest BCUT2D eigenvalue weighted by atomic mass is 9.79. The SMILES string of the molecule is CCS[C@@H]1CC[C@@]1(O)CNC(=O)c1cc2ccccc2[nH]1. The predicted octanol–water partition coefficient (Wildman–Crippen LogP) is 2.54. The third-order valence-electron chi connectivity index (χ3n) is 4.14. The summed E-state index contributed by atoms with van der Waals surface area (Å²) in [5.41, 5.74) is 0.741. The van der Waals surface area contributed by atoms with Crippen LogP contribution in [0.15, 0.2) is 30.3 Å². The molecule has 0 aliphatic heterocycles. The van der Waals surface area contributed by atoms with E-state index in [9.17, 15) is 9.90 Å². The van der Waals surface area contributed by atoms with Crippen molar-refractivity contribution in [1.29, 1.82) is 0 Å². The van der Waals surface area contributed by atoms with Gasteiger partial charge in [0, 0.05) is 22.7 Å². The lowest BCUT2D eigenvalue weighted by Gasteiger charge is -2.45. The van der Waals surface area contributed by atoms with Gasteiger partial charge in [0.2, 0.25) is 0 Å². The Balaban J connectivity index is 1.64. The first-order valence-corrected chi connectivity index (χ1v) is 8.37. The van der Waals surface area contributed by atoms with E-state index >= 15 is 0 Å². The Bertz CT molecular complexity index is 622. The number of aromatic nitrogens is 1. The van der Waals surface area contributed by atoms with Crippen molar-refractivity contribution in [2.75, 3.05) is 12.3 Å². The third kappa shape index (κ3) is 2.80. The standard InChI is InChI=1S/C16H20N2O2S/c1-2-21-14-7-8-16(14,20)10-17-15(19)13-9-11-5-3-4-6-12(11)18-13/h3-6,9,14,18,20H,2,7-8,10H2,1H3,(H,17,19)/t14-,16-/m1/s1. The number of aliphatic hydroxyl groups is 1. The van der Waals surface area contributed by atoms with E-state index in [1.165, 1.54) is 0 Å². The summed E-state index contributed by atoms with van der Waals surface area (Å²) in [7, 11) is 0. The van der Waals surface area contributed by atoms with Gasteiger partial charge in [-0.05, 0) is 30.7 Å². The van der Waals surface area contributed by atoms with E-state index in [-0.39, 0.29) is 11.2 Å². The average molecular weight is 304 g/mol. The van der Waals surface area contributed by atoms with E-state index in [1.54, 1.807) is 11.8 Å². The van der Waals surface area contributed by atoms with E-state index in [4.69, 9.17) is 0 Å². The number of carbonyl (C=O) groups excluding carboxylic acids is 1. The number of nitrogens with one attached hydrogen (secondary N) is 2. The second-order valence-corrected chi connectivity index (χ2v) is 7.02. The molecule has 1 aromatic carbocycles. The van der Waals surface area contributed by atoms with Crippen molar-refractivity contribution in [1.82, 2.24) is 10.3 Å². The number of rotatable bonds is 5. The summed E-state index contributed by atoms with van der Waals surface area (Å²) >= 11 is 1.77. The van der Waals surface area contributed by atoms with Gasteiger partial charge < -0.3 is 15.4 Å². The molecule has 3 N–H and O–H groups in total.